The minimum atomic E-state index is -1.06. The molecule has 0 bridgehead atoms. The second-order valence-electron chi connectivity index (χ2n) is 5.65. The molecule has 2 rings (SSSR count). The Balaban J connectivity index is 2.10. The molecule has 24 heavy (non-hydrogen) atoms. The first kappa shape index (κ1) is 18.0. The lowest BCUT2D eigenvalue weighted by Crippen LogP contribution is -2.34. The van der Waals surface area contributed by atoms with Gasteiger partial charge in [0.15, 0.2) is 11.6 Å². The van der Waals surface area contributed by atoms with Crippen molar-refractivity contribution in [3.05, 3.63) is 70.5 Å². The summed E-state index contributed by atoms with van der Waals surface area (Å²) in [5.41, 5.74) is 0.809. The van der Waals surface area contributed by atoms with E-state index in [9.17, 15) is 18.3 Å². The average molecular weight is 334 g/mol. The van der Waals surface area contributed by atoms with Crippen LogP contribution in [-0.4, -0.2) is 11.1 Å². The molecule has 0 saturated carbocycles. The van der Waals surface area contributed by atoms with E-state index in [1.54, 1.807) is 26.0 Å². The van der Waals surface area contributed by atoms with Gasteiger partial charge in [0, 0.05) is 12.1 Å². The molecule has 0 aliphatic rings. The number of hydrogen-bond donors (Lipinski definition) is 2. The van der Waals surface area contributed by atoms with Gasteiger partial charge < -0.3 is 10.4 Å². The Kier molecular flexibility index (Phi) is 5.60. The molecule has 0 fully saturated rings. The smallest absolute Gasteiger partial charge is 0.159 e. The fourth-order valence-corrected chi connectivity index (χ4v) is 2.46. The van der Waals surface area contributed by atoms with Gasteiger partial charge in [-0.15, -0.1) is 0 Å². The monoisotopic (exact) mass is 334 g/mol. The van der Waals surface area contributed by atoms with Crippen molar-refractivity contribution in [2.45, 2.75) is 32.0 Å². The summed E-state index contributed by atoms with van der Waals surface area (Å²) in [7, 11) is 0. The topological polar surface area (TPSA) is 56.0 Å². The third-order valence-electron chi connectivity index (χ3n) is 3.89. The van der Waals surface area contributed by atoms with Crippen molar-refractivity contribution < 1.29 is 18.3 Å². The van der Waals surface area contributed by atoms with Gasteiger partial charge in [-0.25, -0.2) is 13.2 Å². The molecule has 0 spiro atoms. The van der Waals surface area contributed by atoms with Crippen LogP contribution in [0.5, 0.6) is 0 Å². The molecule has 0 aliphatic carbocycles. The molecular weight excluding hydrogens is 317 g/mol. The molecule has 0 aromatic heterocycles. The molecule has 2 N–H and O–H groups in total. The predicted octanol–water partition coefficient (Wildman–Crippen LogP) is 3.75. The molecular formula is C18H17F3N2O. The lowest BCUT2D eigenvalue weighted by molar-refractivity contribution is 0.130. The first-order valence-corrected chi connectivity index (χ1v) is 7.42. The highest BCUT2D eigenvalue weighted by Gasteiger charge is 2.20. The summed E-state index contributed by atoms with van der Waals surface area (Å²) in [6.45, 7) is 3.46. The molecule has 0 radical (unpaired) electrons. The number of rotatable bonds is 5. The predicted molar refractivity (Wildman–Crippen MR) is 83.4 cm³/mol. The zero-order valence-electron chi connectivity index (χ0n) is 13.2. The lowest BCUT2D eigenvalue weighted by atomic mass is 10.0. The number of halogens is 3. The number of aliphatic hydroxyl groups excluding tert-OH is 1. The molecule has 6 heteroatoms. The van der Waals surface area contributed by atoms with Gasteiger partial charge in [0.1, 0.15) is 11.9 Å². The molecule has 0 heterocycles. The molecule has 0 saturated heterocycles. The van der Waals surface area contributed by atoms with Gasteiger partial charge in [0.05, 0.1) is 11.7 Å². The quantitative estimate of drug-likeness (QED) is 0.876. The SMILES string of the molecule is CC(NC(C)C(O)c1ccc(F)c(F)c1)c1ccc(C#N)c(F)c1. The third-order valence-corrected chi connectivity index (χ3v) is 3.89. The number of aliphatic hydroxyl groups is 1. The van der Waals surface area contributed by atoms with E-state index < -0.39 is 29.6 Å². The van der Waals surface area contributed by atoms with E-state index in [2.05, 4.69) is 5.32 Å². The highest BCUT2D eigenvalue weighted by atomic mass is 19.2. The molecule has 2 aromatic rings. The standard InChI is InChI=1S/C18H17F3N2O/c1-10(12-3-4-14(9-22)16(20)7-12)23-11(2)18(24)13-5-6-15(19)17(21)8-13/h3-8,10-11,18,23-24H,1-2H3. The summed E-state index contributed by atoms with van der Waals surface area (Å²) in [6, 6.07) is 8.42. The highest BCUT2D eigenvalue weighted by Crippen LogP contribution is 2.23. The largest absolute Gasteiger partial charge is 0.387 e. The molecule has 3 nitrogen and oxygen atoms in total. The van der Waals surface area contributed by atoms with Gasteiger partial charge in [0.25, 0.3) is 0 Å². The van der Waals surface area contributed by atoms with Crippen LogP contribution in [0, 0.1) is 28.8 Å². The average Bonchev–Trinajstić information content (AvgIpc) is 2.56. The molecule has 3 unspecified atom stereocenters. The maximum Gasteiger partial charge on any atom is 0.159 e. The summed E-state index contributed by atoms with van der Waals surface area (Å²) in [5.74, 6) is -2.62. The van der Waals surface area contributed by atoms with Crippen LogP contribution in [0.4, 0.5) is 13.2 Å². The Morgan fingerprint density at radius 1 is 0.958 bits per heavy atom. The van der Waals surface area contributed by atoms with E-state index in [1.807, 2.05) is 0 Å². The van der Waals surface area contributed by atoms with Crippen LogP contribution < -0.4 is 5.32 Å². The third kappa shape index (κ3) is 3.94. The zero-order valence-corrected chi connectivity index (χ0v) is 13.2. The van der Waals surface area contributed by atoms with E-state index in [-0.39, 0.29) is 17.2 Å². The molecule has 0 amide bonds. The van der Waals surface area contributed by atoms with Gasteiger partial charge in [0.2, 0.25) is 0 Å². The minimum Gasteiger partial charge on any atom is -0.387 e. The minimum absolute atomic E-state index is 0.0409. The first-order valence-electron chi connectivity index (χ1n) is 7.42. The summed E-state index contributed by atoms with van der Waals surface area (Å²) >= 11 is 0. The summed E-state index contributed by atoms with van der Waals surface area (Å²) < 4.78 is 39.9. The number of nitriles is 1. The Labute approximate surface area is 138 Å². The van der Waals surface area contributed by atoms with Gasteiger partial charge in [-0.1, -0.05) is 12.1 Å². The molecule has 126 valence electrons. The van der Waals surface area contributed by atoms with E-state index in [0.717, 1.165) is 12.1 Å². The van der Waals surface area contributed by atoms with Crippen molar-refractivity contribution >= 4 is 0 Å². The van der Waals surface area contributed by atoms with E-state index >= 15 is 0 Å². The second kappa shape index (κ2) is 7.47. The summed E-state index contributed by atoms with van der Waals surface area (Å²) in [5, 5.41) is 22.1. The number of benzene rings is 2. The number of nitrogens with one attached hydrogen (secondary N) is 1. The van der Waals surface area contributed by atoms with Crippen LogP contribution >= 0.6 is 0 Å². The Morgan fingerprint density at radius 3 is 2.17 bits per heavy atom. The van der Waals surface area contributed by atoms with Crippen molar-refractivity contribution in [3.8, 4) is 6.07 Å². The number of hydrogen-bond acceptors (Lipinski definition) is 3. The number of nitrogens with zero attached hydrogens (tertiary/aromatic N) is 1. The molecule has 2 aromatic carbocycles. The normalized spacial score (nSPS) is 14.7. The zero-order chi connectivity index (χ0) is 17.9. The molecule has 3 atom stereocenters. The van der Waals surface area contributed by atoms with Gasteiger partial charge in [-0.2, -0.15) is 5.26 Å². The van der Waals surface area contributed by atoms with Crippen molar-refractivity contribution in [1.82, 2.24) is 5.32 Å². The fraction of sp³-hybridized carbons (Fsp3) is 0.278. The maximum atomic E-state index is 13.7. The van der Waals surface area contributed by atoms with E-state index in [1.165, 1.54) is 18.2 Å². The van der Waals surface area contributed by atoms with Crippen LogP contribution in [0.25, 0.3) is 0 Å². The van der Waals surface area contributed by atoms with Crippen molar-refractivity contribution in [1.29, 1.82) is 5.26 Å². The van der Waals surface area contributed by atoms with Gasteiger partial charge in [-0.05, 0) is 49.2 Å². The summed E-state index contributed by atoms with van der Waals surface area (Å²) in [6.07, 6.45) is -1.06. The first-order chi connectivity index (χ1) is 11.3. The van der Waals surface area contributed by atoms with Crippen LogP contribution in [-0.2, 0) is 0 Å². The van der Waals surface area contributed by atoms with Crippen LogP contribution in [0.1, 0.15) is 42.7 Å². The van der Waals surface area contributed by atoms with Crippen molar-refractivity contribution in [2.24, 2.45) is 0 Å². The van der Waals surface area contributed by atoms with Gasteiger partial charge in [-0.3, -0.25) is 0 Å². The Hall–Kier alpha value is -2.36. The highest BCUT2D eigenvalue weighted by molar-refractivity contribution is 5.34. The van der Waals surface area contributed by atoms with Crippen LogP contribution in [0.15, 0.2) is 36.4 Å². The van der Waals surface area contributed by atoms with E-state index in [0.29, 0.717) is 5.56 Å². The van der Waals surface area contributed by atoms with Crippen LogP contribution in [0.3, 0.4) is 0 Å². The maximum absolute atomic E-state index is 13.7. The fourth-order valence-electron chi connectivity index (χ4n) is 2.46. The lowest BCUT2D eigenvalue weighted by Gasteiger charge is -2.25. The molecule has 0 aliphatic heterocycles. The van der Waals surface area contributed by atoms with E-state index in [4.69, 9.17) is 5.26 Å². The Morgan fingerprint density at radius 2 is 1.58 bits per heavy atom. The Bertz CT molecular complexity index is 773. The van der Waals surface area contributed by atoms with Crippen molar-refractivity contribution in [3.63, 3.8) is 0 Å². The van der Waals surface area contributed by atoms with Crippen LogP contribution in [0.2, 0.25) is 0 Å². The van der Waals surface area contributed by atoms with Gasteiger partial charge >= 0.3 is 0 Å². The second-order valence-corrected chi connectivity index (χ2v) is 5.65. The summed E-state index contributed by atoms with van der Waals surface area (Å²) in [4.78, 5) is 0. The van der Waals surface area contributed by atoms with Crippen molar-refractivity contribution in [2.75, 3.05) is 0 Å².